The van der Waals surface area contributed by atoms with Crippen LogP contribution in [0.2, 0.25) is 5.02 Å². The van der Waals surface area contributed by atoms with Gasteiger partial charge >= 0.3 is 11.8 Å². The minimum Gasteiger partial charge on any atom is -0.442 e. The van der Waals surface area contributed by atoms with Crippen LogP contribution >= 0.6 is 24.2 Å². The molecule has 0 radical (unpaired) electrons. The number of nitrogens with zero attached hydrogens (tertiary/aromatic N) is 2. The monoisotopic (exact) mass is 461 g/mol. The molecule has 2 aromatic carbocycles. The van der Waals surface area contributed by atoms with Crippen molar-refractivity contribution in [2.75, 3.05) is 18.0 Å². The third kappa shape index (κ3) is 4.15. The molecule has 3 aromatic rings. The van der Waals surface area contributed by atoms with E-state index < -0.39 is 18.0 Å². The first kappa shape index (κ1) is 21.3. The Labute approximate surface area is 188 Å². The van der Waals surface area contributed by atoms with Crippen molar-refractivity contribution in [3.8, 4) is 0 Å². The maximum atomic E-state index is 12.4. The molecular formula is C21H20ClN3O5S. The average Bonchev–Trinajstić information content (AvgIpc) is 3.25. The molecule has 31 heavy (non-hydrogen) atoms. The molecule has 162 valence electrons. The number of hydrogen-bond donors (Lipinski definition) is 2. The lowest BCUT2D eigenvalue weighted by Crippen LogP contribution is -2.34. The van der Waals surface area contributed by atoms with Gasteiger partial charge in [-0.1, -0.05) is 11.6 Å². The number of carbonyl (C=O) groups is 2. The van der Waals surface area contributed by atoms with Gasteiger partial charge in [-0.05, 0) is 44.2 Å². The smallest absolute Gasteiger partial charge is 0.420 e. The molecule has 1 atom stereocenters. The van der Waals surface area contributed by atoms with Crippen LogP contribution in [0.4, 0.5) is 10.5 Å². The lowest BCUT2D eigenvalue weighted by molar-refractivity contribution is 0.0913. The molecule has 10 heteroatoms. The van der Waals surface area contributed by atoms with E-state index >= 15 is 0 Å². The fourth-order valence-corrected chi connectivity index (χ4v) is 3.93. The molecule has 0 bridgehead atoms. The van der Waals surface area contributed by atoms with Gasteiger partial charge in [0.05, 0.1) is 29.9 Å². The molecular weight excluding hydrogens is 442 g/mol. The summed E-state index contributed by atoms with van der Waals surface area (Å²) in [5.41, 5.74) is 1.93. The number of halogens is 1. The number of thiol groups is 1. The number of hydrogen-bond acceptors (Lipinski definition) is 6. The van der Waals surface area contributed by atoms with E-state index in [9.17, 15) is 14.4 Å². The van der Waals surface area contributed by atoms with Crippen LogP contribution in [0.1, 0.15) is 30.2 Å². The van der Waals surface area contributed by atoms with Crippen LogP contribution in [-0.2, 0) is 4.74 Å². The second-order valence-corrected chi connectivity index (χ2v) is 8.39. The number of ether oxygens (including phenoxy) is 1. The number of oxazole rings is 1. The Bertz CT molecular complexity index is 1240. The van der Waals surface area contributed by atoms with Crippen molar-refractivity contribution >= 4 is 53.0 Å². The first-order chi connectivity index (χ1) is 14.7. The minimum absolute atomic E-state index is 0.0541. The minimum atomic E-state index is -0.540. The number of cyclic esters (lactones) is 1. The summed E-state index contributed by atoms with van der Waals surface area (Å²) in [7, 11) is 0. The summed E-state index contributed by atoms with van der Waals surface area (Å²) in [6, 6.07) is 9.87. The third-order valence-corrected chi connectivity index (χ3v) is 5.62. The number of nitrogens with one attached hydrogen (secondary N) is 1. The highest BCUT2D eigenvalue weighted by Crippen LogP contribution is 2.27. The van der Waals surface area contributed by atoms with Crippen molar-refractivity contribution in [3.05, 3.63) is 57.5 Å². The lowest BCUT2D eigenvalue weighted by atomic mass is 10.2. The van der Waals surface area contributed by atoms with Crippen molar-refractivity contribution in [1.29, 1.82) is 0 Å². The molecule has 8 nitrogen and oxygen atoms in total. The Morgan fingerprint density at radius 3 is 2.77 bits per heavy atom. The van der Waals surface area contributed by atoms with Crippen LogP contribution in [0.3, 0.4) is 0 Å². The Morgan fingerprint density at radius 1 is 1.26 bits per heavy atom. The molecule has 2 amide bonds. The molecule has 1 N–H and O–H groups in total. The van der Waals surface area contributed by atoms with E-state index in [1.165, 1.54) is 11.0 Å². The van der Waals surface area contributed by atoms with Gasteiger partial charge in [0, 0.05) is 22.0 Å². The van der Waals surface area contributed by atoms with E-state index in [1.807, 2.05) is 13.8 Å². The van der Waals surface area contributed by atoms with Crippen molar-refractivity contribution in [3.63, 3.8) is 0 Å². The van der Waals surface area contributed by atoms with E-state index in [0.717, 1.165) is 0 Å². The molecule has 0 aliphatic carbocycles. The van der Waals surface area contributed by atoms with Crippen molar-refractivity contribution < 1.29 is 18.7 Å². The number of carbonyl (C=O) groups excluding carboxylic acids is 2. The summed E-state index contributed by atoms with van der Waals surface area (Å²) in [5.74, 6) is -0.809. The summed E-state index contributed by atoms with van der Waals surface area (Å²) in [6.45, 7) is 4.15. The van der Waals surface area contributed by atoms with Crippen LogP contribution in [-0.4, -0.2) is 35.8 Å². The van der Waals surface area contributed by atoms with Gasteiger partial charge in [-0.2, -0.15) is 0 Å². The summed E-state index contributed by atoms with van der Waals surface area (Å²) in [4.78, 5) is 38.8. The molecule has 0 spiro atoms. The zero-order valence-electron chi connectivity index (χ0n) is 16.8. The molecule has 1 aliphatic heterocycles. The summed E-state index contributed by atoms with van der Waals surface area (Å²) < 4.78 is 12.2. The van der Waals surface area contributed by atoms with Crippen molar-refractivity contribution in [2.45, 2.75) is 30.9 Å². The highest BCUT2D eigenvalue weighted by molar-refractivity contribution is 7.80. The highest BCUT2D eigenvalue weighted by atomic mass is 35.5. The topological polar surface area (TPSA) is 93.8 Å². The van der Waals surface area contributed by atoms with Crippen molar-refractivity contribution in [1.82, 2.24) is 9.88 Å². The molecule has 0 unspecified atom stereocenters. The van der Waals surface area contributed by atoms with E-state index in [-0.39, 0.29) is 25.0 Å². The number of fused-ring (bicyclic) bond motifs is 1. The van der Waals surface area contributed by atoms with Crippen LogP contribution in [0.15, 0.2) is 50.5 Å². The van der Waals surface area contributed by atoms with Gasteiger partial charge in [0.2, 0.25) is 0 Å². The summed E-state index contributed by atoms with van der Waals surface area (Å²) in [5, 5.41) is 3.17. The molecule has 1 fully saturated rings. The Balaban J connectivity index is 1.46. The Morgan fingerprint density at radius 2 is 2.03 bits per heavy atom. The maximum Gasteiger partial charge on any atom is 0.420 e. The van der Waals surface area contributed by atoms with Gasteiger partial charge in [0.25, 0.3) is 5.91 Å². The van der Waals surface area contributed by atoms with Gasteiger partial charge in [-0.15, -0.1) is 12.6 Å². The van der Waals surface area contributed by atoms with Crippen LogP contribution < -0.4 is 16.0 Å². The zero-order chi connectivity index (χ0) is 22.3. The van der Waals surface area contributed by atoms with E-state index in [1.54, 1.807) is 34.9 Å². The molecule has 1 aromatic heterocycles. The van der Waals surface area contributed by atoms with Gasteiger partial charge in [-0.25, -0.2) is 9.59 Å². The first-order valence-corrected chi connectivity index (χ1v) is 10.5. The largest absolute Gasteiger partial charge is 0.442 e. The van der Waals surface area contributed by atoms with Crippen LogP contribution in [0, 0.1) is 0 Å². The number of aromatic nitrogens is 1. The van der Waals surface area contributed by atoms with E-state index in [0.29, 0.717) is 32.3 Å². The average molecular weight is 462 g/mol. The fourth-order valence-electron chi connectivity index (χ4n) is 3.51. The van der Waals surface area contributed by atoms with Gasteiger partial charge in [0.1, 0.15) is 6.10 Å². The molecule has 4 rings (SSSR count). The first-order valence-electron chi connectivity index (χ1n) is 9.64. The van der Waals surface area contributed by atoms with E-state index in [4.69, 9.17) is 20.8 Å². The SMILES string of the molecule is CC(C)n1c(=O)oc2cc(N3C[C@H](CNC(=O)c4cc(Cl)ccc4S)OC3=O)ccc21. The number of benzene rings is 2. The number of amides is 2. The number of rotatable bonds is 5. The van der Waals surface area contributed by atoms with Crippen LogP contribution in [0.5, 0.6) is 0 Å². The predicted molar refractivity (Wildman–Crippen MR) is 120 cm³/mol. The molecule has 2 heterocycles. The second kappa shape index (κ2) is 8.32. The van der Waals surface area contributed by atoms with E-state index in [2.05, 4.69) is 17.9 Å². The maximum absolute atomic E-state index is 12.4. The van der Waals surface area contributed by atoms with Gasteiger partial charge < -0.3 is 14.5 Å². The Hall–Kier alpha value is -2.91. The van der Waals surface area contributed by atoms with Crippen LogP contribution in [0.25, 0.3) is 11.1 Å². The summed E-state index contributed by atoms with van der Waals surface area (Å²) >= 11 is 10.2. The summed E-state index contributed by atoms with van der Waals surface area (Å²) in [6.07, 6.45) is -1.08. The fraction of sp³-hybridized carbons (Fsp3) is 0.286. The molecule has 1 saturated heterocycles. The lowest BCUT2D eigenvalue weighted by Gasteiger charge is -2.13. The second-order valence-electron chi connectivity index (χ2n) is 7.47. The Kier molecular flexibility index (Phi) is 5.72. The molecule has 1 aliphatic rings. The quantitative estimate of drug-likeness (QED) is 0.562. The normalized spacial score (nSPS) is 16.2. The molecule has 0 saturated carbocycles. The van der Waals surface area contributed by atoms with Gasteiger partial charge in [-0.3, -0.25) is 14.3 Å². The highest BCUT2D eigenvalue weighted by Gasteiger charge is 2.33. The number of anilines is 1. The third-order valence-electron chi connectivity index (χ3n) is 4.99. The van der Waals surface area contributed by atoms with Gasteiger partial charge in [0.15, 0.2) is 5.58 Å². The van der Waals surface area contributed by atoms with Crippen molar-refractivity contribution in [2.24, 2.45) is 0 Å². The standard InChI is InChI=1S/C21H20ClN3O5S/c1-11(2)25-16-5-4-13(8-17(16)30-21(25)28)24-10-14(29-20(24)27)9-23-19(26)15-7-12(22)3-6-18(15)31/h3-8,11,14,31H,9-10H2,1-2H3,(H,23,26)/t14-/m0/s1. The zero-order valence-corrected chi connectivity index (χ0v) is 18.4. The predicted octanol–water partition coefficient (Wildman–Crippen LogP) is 3.87.